The summed E-state index contributed by atoms with van der Waals surface area (Å²) in [6.07, 6.45) is 5.61. The lowest BCUT2D eigenvalue weighted by Gasteiger charge is -2.23. The number of nitro groups is 1. The maximum atomic E-state index is 12.3. The molecular weight excluding hydrogens is 272 g/mol. The summed E-state index contributed by atoms with van der Waals surface area (Å²) in [5.74, 6) is 0.00607. The predicted molar refractivity (Wildman–Crippen MR) is 79.3 cm³/mol. The van der Waals surface area contributed by atoms with E-state index < -0.39 is 10.8 Å². The van der Waals surface area contributed by atoms with Gasteiger partial charge < -0.3 is 10.6 Å². The van der Waals surface area contributed by atoms with Gasteiger partial charge in [-0.2, -0.15) is 0 Å². The van der Waals surface area contributed by atoms with Crippen LogP contribution in [0, 0.1) is 15.5 Å². The lowest BCUT2D eigenvalue weighted by Crippen LogP contribution is -2.34. The minimum Gasteiger partial charge on any atom is -0.373 e. The Balaban J connectivity index is 2.15. The highest BCUT2D eigenvalue weighted by atomic mass is 16.6. The summed E-state index contributed by atoms with van der Waals surface area (Å²) in [4.78, 5) is 26.6. The van der Waals surface area contributed by atoms with Gasteiger partial charge >= 0.3 is 0 Å². The molecule has 1 amide bonds. The van der Waals surface area contributed by atoms with Crippen molar-refractivity contribution in [3.8, 4) is 0 Å². The highest BCUT2D eigenvalue weighted by molar-refractivity contribution is 5.98. The van der Waals surface area contributed by atoms with Crippen molar-refractivity contribution >= 4 is 17.4 Å². The van der Waals surface area contributed by atoms with Crippen molar-refractivity contribution in [3.63, 3.8) is 0 Å². The molecule has 2 N–H and O–H groups in total. The summed E-state index contributed by atoms with van der Waals surface area (Å²) >= 11 is 0. The predicted octanol–water partition coefficient (Wildman–Crippen LogP) is 2.34. The Morgan fingerprint density at radius 1 is 1.48 bits per heavy atom. The van der Waals surface area contributed by atoms with Gasteiger partial charge in [0.25, 0.3) is 11.6 Å². The molecule has 2 rings (SSSR count). The topological polar surface area (TPSA) is 97.2 Å². The van der Waals surface area contributed by atoms with E-state index in [9.17, 15) is 14.9 Å². The van der Waals surface area contributed by atoms with E-state index >= 15 is 0 Å². The number of rotatable bonds is 5. The number of carbonyl (C=O) groups is 1. The van der Waals surface area contributed by atoms with E-state index in [1.165, 1.54) is 18.9 Å². The maximum absolute atomic E-state index is 12.3. The minimum absolute atomic E-state index is 0.0425. The van der Waals surface area contributed by atoms with E-state index in [1.54, 1.807) is 7.05 Å². The maximum Gasteiger partial charge on any atom is 0.300 e. The number of hydrogen-bond acceptors (Lipinski definition) is 5. The number of nitrogens with zero attached hydrogens (tertiary/aromatic N) is 2. The molecular formula is C14H20N4O3. The molecule has 0 aromatic carbocycles. The van der Waals surface area contributed by atoms with Crippen LogP contribution in [0.5, 0.6) is 0 Å². The van der Waals surface area contributed by atoms with E-state index in [0.717, 1.165) is 19.0 Å². The summed E-state index contributed by atoms with van der Waals surface area (Å²) in [5.41, 5.74) is -0.132. The van der Waals surface area contributed by atoms with Gasteiger partial charge in [0.2, 0.25) is 0 Å². The average molecular weight is 292 g/mol. The molecule has 0 atom stereocenters. The Kier molecular flexibility index (Phi) is 4.40. The summed E-state index contributed by atoms with van der Waals surface area (Å²) in [7, 11) is 1.65. The summed E-state index contributed by atoms with van der Waals surface area (Å²) in [6, 6.07) is 1.41. The van der Waals surface area contributed by atoms with Crippen LogP contribution in [0.4, 0.5) is 11.5 Å². The molecule has 0 bridgehead atoms. The Bertz CT molecular complexity index is 553. The van der Waals surface area contributed by atoms with Gasteiger partial charge in [0.1, 0.15) is 17.6 Å². The molecule has 1 aliphatic carbocycles. The quantitative estimate of drug-likeness (QED) is 0.641. The minimum atomic E-state index is -0.585. The lowest BCUT2D eigenvalue weighted by atomic mass is 9.89. The van der Waals surface area contributed by atoms with Crippen LogP contribution in [0.1, 0.15) is 43.0 Å². The summed E-state index contributed by atoms with van der Waals surface area (Å²) in [6.45, 7) is 2.68. The molecule has 0 radical (unpaired) electrons. The molecule has 7 nitrogen and oxygen atoms in total. The van der Waals surface area contributed by atoms with Crippen LogP contribution in [-0.4, -0.2) is 29.4 Å². The molecule has 1 fully saturated rings. The van der Waals surface area contributed by atoms with Gasteiger partial charge in [-0.05, 0) is 18.3 Å². The number of carbonyl (C=O) groups excluding carboxylic acids is 1. The molecule has 1 aromatic heterocycles. The van der Waals surface area contributed by atoms with E-state index in [0.29, 0.717) is 12.4 Å². The smallest absolute Gasteiger partial charge is 0.300 e. The molecule has 0 aliphatic heterocycles. The fraction of sp³-hybridized carbons (Fsp3) is 0.571. The molecule has 7 heteroatoms. The molecule has 1 saturated carbocycles. The first-order valence-corrected chi connectivity index (χ1v) is 7.05. The second-order valence-electron chi connectivity index (χ2n) is 5.79. The van der Waals surface area contributed by atoms with Crippen molar-refractivity contribution in [1.29, 1.82) is 0 Å². The van der Waals surface area contributed by atoms with Crippen LogP contribution in [0.25, 0.3) is 0 Å². The second-order valence-corrected chi connectivity index (χ2v) is 5.79. The first kappa shape index (κ1) is 15.2. The highest BCUT2D eigenvalue weighted by Crippen LogP contribution is 2.36. The fourth-order valence-electron chi connectivity index (χ4n) is 2.71. The van der Waals surface area contributed by atoms with Crippen molar-refractivity contribution in [3.05, 3.63) is 27.9 Å². The molecule has 0 saturated heterocycles. The van der Waals surface area contributed by atoms with Crippen LogP contribution in [0.3, 0.4) is 0 Å². The Labute approximate surface area is 123 Å². The molecule has 1 aliphatic rings. The van der Waals surface area contributed by atoms with E-state index in [2.05, 4.69) is 22.5 Å². The van der Waals surface area contributed by atoms with Crippen LogP contribution >= 0.6 is 0 Å². The molecule has 114 valence electrons. The number of anilines is 1. The highest BCUT2D eigenvalue weighted by Gasteiger charge is 2.30. The summed E-state index contributed by atoms with van der Waals surface area (Å²) < 4.78 is 0. The zero-order chi connectivity index (χ0) is 15.5. The third-order valence-electron chi connectivity index (χ3n) is 4.07. The zero-order valence-electron chi connectivity index (χ0n) is 12.3. The lowest BCUT2D eigenvalue weighted by molar-refractivity contribution is -0.385. The van der Waals surface area contributed by atoms with E-state index in [4.69, 9.17) is 0 Å². The van der Waals surface area contributed by atoms with Gasteiger partial charge in [-0.3, -0.25) is 14.9 Å². The fourth-order valence-corrected chi connectivity index (χ4v) is 2.71. The summed E-state index contributed by atoms with van der Waals surface area (Å²) in [5, 5.41) is 16.6. The normalized spacial score (nSPS) is 16.5. The van der Waals surface area contributed by atoms with Gasteiger partial charge in [-0.25, -0.2) is 4.98 Å². The molecule has 1 heterocycles. The molecule has 21 heavy (non-hydrogen) atoms. The van der Waals surface area contributed by atoms with Crippen molar-refractivity contribution in [2.24, 2.45) is 5.41 Å². The van der Waals surface area contributed by atoms with Crippen LogP contribution in [-0.2, 0) is 0 Å². The van der Waals surface area contributed by atoms with Crippen molar-refractivity contribution in [2.45, 2.75) is 32.6 Å². The number of pyridine rings is 1. The number of nitrogens with one attached hydrogen (secondary N) is 2. The van der Waals surface area contributed by atoms with Gasteiger partial charge in [0, 0.05) is 19.7 Å². The second kappa shape index (κ2) is 6.07. The monoisotopic (exact) mass is 292 g/mol. The van der Waals surface area contributed by atoms with Gasteiger partial charge in [0.15, 0.2) is 0 Å². The molecule has 0 unspecified atom stereocenters. The van der Waals surface area contributed by atoms with Crippen molar-refractivity contribution in [1.82, 2.24) is 10.3 Å². The van der Waals surface area contributed by atoms with Crippen LogP contribution in [0.2, 0.25) is 0 Å². The van der Waals surface area contributed by atoms with E-state index in [1.807, 2.05) is 0 Å². The Morgan fingerprint density at radius 2 is 2.14 bits per heavy atom. The van der Waals surface area contributed by atoms with Crippen LogP contribution in [0.15, 0.2) is 12.3 Å². The van der Waals surface area contributed by atoms with E-state index in [-0.39, 0.29) is 16.7 Å². The van der Waals surface area contributed by atoms with Crippen LogP contribution < -0.4 is 10.6 Å². The standard InChI is InChI=1S/C14H20N4O3/c1-14(5-3-4-6-14)9-17-13(19)10-7-12(15-2)16-8-11(10)18(20)21/h7-8H,3-6,9H2,1-2H3,(H,15,16)(H,17,19). The first-order chi connectivity index (χ1) is 9.95. The first-order valence-electron chi connectivity index (χ1n) is 7.05. The largest absolute Gasteiger partial charge is 0.373 e. The number of aromatic nitrogens is 1. The SMILES string of the molecule is CNc1cc(C(=O)NCC2(C)CCCC2)c([N+](=O)[O-])cn1. The Hall–Kier alpha value is -2.18. The van der Waals surface area contributed by atoms with Crippen molar-refractivity contribution < 1.29 is 9.72 Å². The molecule has 0 spiro atoms. The average Bonchev–Trinajstić information content (AvgIpc) is 2.91. The Morgan fingerprint density at radius 3 is 2.71 bits per heavy atom. The zero-order valence-corrected chi connectivity index (χ0v) is 12.3. The number of hydrogen-bond donors (Lipinski definition) is 2. The number of amides is 1. The van der Waals surface area contributed by atoms with Gasteiger partial charge in [-0.15, -0.1) is 0 Å². The molecule has 1 aromatic rings. The van der Waals surface area contributed by atoms with Gasteiger partial charge in [0.05, 0.1) is 4.92 Å². The third-order valence-corrected chi connectivity index (χ3v) is 4.07. The van der Waals surface area contributed by atoms with Gasteiger partial charge in [-0.1, -0.05) is 19.8 Å². The van der Waals surface area contributed by atoms with Crippen molar-refractivity contribution in [2.75, 3.05) is 18.9 Å². The third kappa shape index (κ3) is 3.48.